The topological polar surface area (TPSA) is 84.3 Å². The van der Waals surface area contributed by atoms with Crippen LogP contribution in [0.25, 0.3) is 11.0 Å². The molecule has 0 aliphatic carbocycles. The lowest BCUT2D eigenvalue weighted by molar-refractivity contribution is -0.117. The molecule has 0 bridgehead atoms. The van der Waals surface area contributed by atoms with Crippen molar-refractivity contribution >= 4 is 34.2 Å². The number of carbonyl (C=O) groups excluding carboxylic acids is 2. The minimum atomic E-state index is -0.333. The summed E-state index contributed by atoms with van der Waals surface area (Å²) in [6.45, 7) is 0.573. The average Bonchev–Trinajstić information content (AvgIpc) is 3.10. The van der Waals surface area contributed by atoms with E-state index in [2.05, 4.69) is 10.3 Å². The zero-order chi connectivity index (χ0) is 18.8. The van der Waals surface area contributed by atoms with E-state index in [1.807, 2.05) is 12.1 Å². The number of nitrogens with one attached hydrogen (secondary N) is 1. The fourth-order valence-electron chi connectivity index (χ4n) is 3.29. The van der Waals surface area contributed by atoms with Crippen molar-refractivity contribution in [1.29, 1.82) is 0 Å². The van der Waals surface area contributed by atoms with Crippen LogP contribution >= 0.6 is 0 Å². The van der Waals surface area contributed by atoms with E-state index in [0.29, 0.717) is 29.7 Å². The van der Waals surface area contributed by atoms with Crippen molar-refractivity contribution in [3.63, 3.8) is 0 Å². The second kappa shape index (κ2) is 7.03. The van der Waals surface area contributed by atoms with Crippen molar-refractivity contribution < 1.29 is 9.59 Å². The van der Waals surface area contributed by atoms with Crippen LogP contribution < -0.4 is 15.8 Å². The zero-order valence-corrected chi connectivity index (χ0v) is 14.6. The highest BCUT2D eigenvalue weighted by molar-refractivity contribution is 5.97. The standard InChI is InChI=1S/C20H18N4O3/c25-18(13-24-17-8-2-1-7-16(17)21-12-20(24)27)22-14-5-3-6-15(11-14)23-10-4-9-19(23)26/h1-3,5-8,11-12H,4,9-10,13H2,(H,22,25). The maximum Gasteiger partial charge on any atom is 0.269 e. The van der Waals surface area contributed by atoms with Gasteiger partial charge >= 0.3 is 0 Å². The summed E-state index contributed by atoms with van der Waals surface area (Å²) in [5.74, 6) is -0.230. The molecule has 1 aromatic heterocycles. The molecule has 0 unspecified atom stereocenters. The first-order valence-corrected chi connectivity index (χ1v) is 8.77. The molecule has 1 fully saturated rings. The van der Waals surface area contributed by atoms with Gasteiger partial charge in [0.1, 0.15) is 6.54 Å². The Bertz CT molecular complexity index is 1090. The van der Waals surface area contributed by atoms with Crippen LogP contribution in [0.2, 0.25) is 0 Å². The van der Waals surface area contributed by atoms with Gasteiger partial charge in [0.05, 0.1) is 17.2 Å². The summed E-state index contributed by atoms with van der Waals surface area (Å²) in [5.41, 5.74) is 2.28. The van der Waals surface area contributed by atoms with E-state index in [-0.39, 0.29) is 23.9 Å². The van der Waals surface area contributed by atoms with Gasteiger partial charge in [-0.1, -0.05) is 18.2 Å². The second-order valence-corrected chi connectivity index (χ2v) is 6.42. The highest BCUT2D eigenvalue weighted by atomic mass is 16.2. The second-order valence-electron chi connectivity index (χ2n) is 6.42. The van der Waals surface area contributed by atoms with E-state index in [1.165, 1.54) is 10.8 Å². The smallest absolute Gasteiger partial charge is 0.269 e. The third-order valence-electron chi connectivity index (χ3n) is 4.57. The summed E-state index contributed by atoms with van der Waals surface area (Å²) in [5, 5.41) is 2.80. The fraction of sp³-hybridized carbons (Fsp3) is 0.200. The lowest BCUT2D eigenvalue weighted by Gasteiger charge is -2.17. The predicted octanol–water partition coefficient (Wildman–Crippen LogP) is 2.16. The Hall–Kier alpha value is -3.48. The lowest BCUT2D eigenvalue weighted by atomic mass is 10.2. The van der Waals surface area contributed by atoms with Gasteiger partial charge in [-0.3, -0.25) is 19.0 Å². The molecule has 136 valence electrons. The van der Waals surface area contributed by atoms with Gasteiger partial charge in [-0.2, -0.15) is 0 Å². The monoisotopic (exact) mass is 362 g/mol. The van der Waals surface area contributed by atoms with Crippen LogP contribution in [0.1, 0.15) is 12.8 Å². The van der Waals surface area contributed by atoms with E-state index in [0.717, 1.165) is 12.1 Å². The van der Waals surface area contributed by atoms with E-state index >= 15 is 0 Å². The molecule has 1 aliphatic rings. The van der Waals surface area contributed by atoms with Gasteiger partial charge in [-0.05, 0) is 36.8 Å². The molecule has 1 saturated heterocycles. The maximum atomic E-state index is 12.5. The van der Waals surface area contributed by atoms with Crippen LogP contribution in [0.3, 0.4) is 0 Å². The Morgan fingerprint density at radius 3 is 2.78 bits per heavy atom. The van der Waals surface area contributed by atoms with Crippen molar-refractivity contribution in [1.82, 2.24) is 9.55 Å². The number of para-hydroxylation sites is 2. The van der Waals surface area contributed by atoms with E-state index in [1.54, 1.807) is 41.3 Å². The molecule has 1 aliphatic heterocycles. The van der Waals surface area contributed by atoms with Gasteiger partial charge in [0.25, 0.3) is 5.56 Å². The van der Waals surface area contributed by atoms with Gasteiger partial charge in [-0.25, -0.2) is 4.98 Å². The summed E-state index contributed by atoms with van der Waals surface area (Å²) in [7, 11) is 0. The number of rotatable bonds is 4. The van der Waals surface area contributed by atoms with E-state index < -0.39 is 0 Å². The highest BCUT2D eigenvalue weighted by Crippen LogP contribution is 2.24. The van der Waals surface area contributed by atoms with Gasteiger partial charge in [0, 0.05) is 24.3 Å². The molecular formula is C20H18N4O3. The normalized spacial score (nSPS) is 13.9. The first-order valence-electron chi connectivity index (χ1n) is 8.77. The summed E-state index contributed by atoms with van der Waals surface area (Å²) in [4.78, 5) is 42.4. The van der Waals surface area contributed by atoms with E-state index in [9.17, 15) is 14.4 Å². The van der Waals surface area contributed by atoms with Crippen LogP contribution in [0.5, 0.6) is 0 Å². The molecule has 1 N–H and O–H groups in total. The van der Waals surface area contributed by atoms with Crippen molar-refractivity contribution in [3.05, 3.63) is 65.1 Å². The summed E-state index contributed by atoms with van der Waals surface area (Å²) >= 11 is 0. The molecule has 0 saturated carbocycles. The van der Waals surface area contributed by atoms with Crippen LogP contribution in [0.15, 0.2) is 59.5 Å². The Morgan fingerprint density at radius 1 is 1.11 bits per heavy atom. The molecule has 0 spiro atoms. The van der Waals surface area contributed by atoms with Crippen molar-refractivity contribution in [2.75, 3.05) is 16.8 Å². The van der Waals surface area contributed by atoms with Crippen LogP contribution in [0, 0.1) is 0 Å². The number of amides is 2. The van der Waals surface area contributed by atoms with E-state index in [4.69, 9.17) is 0 Å². The number of carbonyl (C=O) groups is 2. The number of fused-ring (bicyclic) bond motifs is 1. The summed E-state index contributed by atoms with van der Waals surface area (Å²) in [6.07, 6.45) is 2.61. The quantitative estimate of drug-likeness (QED) is 0.771. The van der Waals surface area contributed by atoms with Crippen LogP contribution in [0.4, 0.5) is 11.4 Å². The predicted molar refractivity (Wildman–Crippen MR) is 103 cm³/mol. The molecular weight excluding hydrogens is 344 g/mol. The summed E-state index contributed by atoms with van der Waals surface area (Å²) in [6, 6.07) is 14.4. The van der Waals surface area contributed by atoms with Gasteiger partial charge < -0.3 is 10.2 Å². The van der Waals surface area contributed by atoms with Crippen LogP contribution in [-0.2, 0) is 16.1 Å². The largest absolute Gasteiger partial charge is 0.324 e. The fourth-order valence-corrected chi connectivity index (χ4v) is 3.29. The first-order chi connectivity index (χ1) is 13.1. The van der Waals surface area contributed by atoms with Crippen molar-refractivity contribution in [2.45, 2.75) is 19.4 Å². The lowest BCUT2D eigenvalue weighted by Crippen LogP contribution is -2.28. The molecule has 2 heterocycles. The Balaban J connectivity index is 1.55. The number of nitrogens with zero attached hydrogens (tertiary/aromatic N) is 3. The molecule has 7 nitrogen and oxygen atoms in total. The van der Waals surface area contributed by atoms with Gasteiger partial charge in [0.2, 0.25) is 11.8 Å². The zero-order valence-electron chi connectivity index (χ0n) is 14.6. The number of aromatic nitrogens is 2. The SMILES string of the molecule is O=C(Cn1c(=O)cnc2ccccc21)Nc1cccc(N2CCCC2=O)c1. The minimum absolute atomic E-state index is 0.0910. The first kappa shape index (κ1) is 17.0. The third kappa shape index (κ3) is 3.44. The molecule has 3 aromatic rings. The molecule has 0 radical (unpaired) electrons. The Labute approximate surface area is 155 Å². The Morgan fingerprint density at radius 2 is 1.96 bits per heavy atom. The molecule has 7 heteroatoms. The molecule has 2 amide bonds. The van der Waals surface area contributed by atoms with Gasteiger partial charge in [-0.15, -0.1) is 0 Å². The number of benzene rings is 2. The molecule has 0 atom stereocenters. The summed E-state index contributed by atoms with van der Waals surface area (Å²) < 4.78 is 1.39. The average molecular weight is 362 g/mol. The molecule has 27 heavy (non-hydrogen) atoms. The Kier molecular flexibility index (Phi) is 4.42. The minimum Gasteiger partial charge on any atom is -0.324 e. The number of anilines is 2. The maximum absolute atomic E-state index is 12.5. The highest BCUT2D eigenvalue weighted by Gasteiger charge is 2.21. The van der Waals surface area contributed by atoms with Gasteiger partial charge in [0.15, 0.2) is 0 Å². The number of hydrogen-bond acceptors (Lipinski definition) is 4. The third-order valence-corrected chi connectivity index (χ3v) is 4.57. The molecule has 2 aromatic carbocycles. The van der Waals surface area contributed by atoms with Crippen molar-refractivity contribution in [2.24, 2.45) is 0 Å². The number of hydrogen-bond donors (Lipinski definition) is 1. The molecule has 4 rings (SSSR count). The van der Waals surface area contributed by atoms with Crippen molar-refractivity contribution in [3.8, 4) is 0 Å². The van der Waals surface area contributed by atoms with Crippen LogP contribution in [-0.4, -0.2) is 27.9 Å².